The van der Waals surface area contributed by atoms with Gasteiger partial charge in [-0.1, -0.05) is 15.9 Å². The molecule has 0 bridgehead atoms. The minimum absolute atomic E-state index is 0.166. The molecule has 1 unspecified atom stereocenters. The molecule has 0 spiro atoms. The van der Waals surface area contributed by atoms with Gasteiger partial charge in [0.15, 0.2) is 0 Å². The summed E-state index contributed by atoms with van der Waals surface area (Å²) in [6.07, 6.45) is -0.166. The fourth-order valence-corrected chi connectivity index (χ4v) is 2.50. The van der Waals surface area contributed by atoms with E-state index in [4.69, 9.17) is 10.5 Å². The second kappa shape index (κ2) is 5.38. The van der Waals surface area contributed by atoms with Crippen LogP contribution in [0.2, 0.25) is 0 Å². The predicted molar refractivity (Wildman–Crippen MR) is 75.5 cm³/mol. The van der Waals surface area contributed by atoms with Crippen LogP contribution in [0.5, 0.6) is 5.75 Å². The Kier molecular flexibility index (Phi) is 4.58. The number of benzene rings is 1. The lowest BCUT2D eigenvalue weighted by atomic mass is 9.97. The van der Waals surface area contributed by atoms with E-state index < -0.39 is 0 Å². The summed E-state index contributed by atoms with van der Waals surface area (Å²) in [5, 5.41) is 0. The highest BCUT2D eigenvalue weighted by atomic mass is 79.9. The highest BCUT2D eigenvalue weighted by molar-refractivity contribution is 9.10. The number of halogens is 1. The van der Waals surface area contributed by atoms with Crippen molar-refractivity contribution < 1.29 is 4.74 Å². The van der Waals surface area contributed by atoms with Gasteiger partial charge in [-0.2, -0.15) is 0 Å². The minimum atomic E-state index is -0.166. The van der Waals surface area contributed by atoms with E-state index in [0.29, 0.717) is 0 Å². The molecule has 1 atom stereocenters. The van der Waals surface area contributed by atoms with Crippen molar-refractivity contribution in [3.63, 3.8) is 0 Å². The van der Waals surface area contributed by atoms with Gasteiger partial charge in [-0.05, 0) is 51.6 Å². The molecule has 17 heavy (non-hydrogen) atoms. The normalized spacial score (nSPS) is 13.0. The minimum Gasteiger partial charge on any atom is -0.496 e. The Balaban J connectivity index is 3.58. The molecule has 1 rings (SSSR count). The van der Waals surface area contributed by atoms with Crippen LogP contribution in [-0.2, 0) is 0 Å². The first-order valence-corrected chi connectivity index (χ1v) is 6.37. The SMILES string of the molecule is COc1c(C)c(C)c(Br)c(C)c1C(N)N(C)C. The van der Waals surface area contributed by atoms with Gasteiger partial charge in [0.25, 0.3) is 0 Å². The van der Waals surface area contributed by atoms with Crippen molar-refractivity contribution in [2.45, 2.75) is 26.9 Å². The van der Waals surface area contributed by atoms with Crippen molar-refractivity contribution in [2.75, 3.05) is 21.2 Å². The molecule has 0 radical (unpaired) electrons. The van der Waals surface area contributed by atoms with E-state index in [1.807, 2.05) is 19.0 Å². The largest absolute Gasteiger partial charge is 0.496 e. The van der Waals surface area contributed by atoms with Crippen molar-refractivity contribution in [1.82, 2.24) is 4.90 Å². The van der Waals surface area contributed by atoms with Crippen LogP contribution < -0.4 is 10.5 Å². The molecule has 0 fully saturated rings. The average Bonchev–Trinajstić information content (AvgIpc) is 2.29. The van der Waals surface area contributed by atoms with Crippen LogP contribution in [0.25, 0.3) is 0 Å². The summed E-state index contributed by atoms with van der Waals surface area (Å²) in [7, 11) is 5.63. The number of methoxy groups -OCH3 is 1. The molecule has 0 saturated heterocycles. The molecule has 0 aromatic heterocycles. The van der Waals surface area contributed by atoms with Gasteiger partial charge in [0.2, 0.25) is 0 Å². The fourth-order valence-electron chi connectivity index (χ4n) is 1.98. The van der Waals surface area contributed by atoms with Crippen LogP contribution in [0.1, 0.15) is 28.4 Å². The summed E-state index contributed by atoms with van der Waals surface area (Å²) in [5.41, 5.74) is 10.8. The van der Waals surface area contributed by atoms with Crippen LogP contribution in [0.3, 0.4) is 0 Å². The van der Waals surface area contributed by atoms with E-state index in [1.165, 1.54) is 5.56 Å². The van der Waals surface area contributed by atoms with Gasteiger partial charge < -0.3 is 10.5 Å². The van der Waals surface area contributed by atoms with E-state index in [1.54, 1.807) is 7.11 Å². The molecule has 1 aromatic rings. The third-order valence-electron chi connectivity index (χ3n) is 3.27. The lowest BCUT2D eigenvalue weighted by molar-refractivity contribution is 0.294. The van der Waals surface area contributed by atoms with Crippen LogP contribution in [0.4, 0.5) is 0 Å². The van der Waals surface area contributed by atoms with Gasteiger partial charge >= 0.3 is 0 Å². The lowest BCUT2D eigenvalue weighted by Crippen LogP contribution is -2.29. The van der Waals surface area contributed by atoms with E-state index in [0.717, 1.165) is 26.9 Å². The maximum atomic E-state index is 6.23. The Hall–Kier alpha value is -0.580. The van der Waals surface area contributed by atoms with Crippen molar-refractivity contribution >= 4 is 15.9 Å². The average molecular weight is 301 g/mol. The maximum Gasteiger partial charge on any atom is 0.128 e. The van der Waals surface area contributed by atoms with Gasteiger partial charge in [-0.15, -0.1) is 0 Å². The Bertz CT molecular complexity index is 430. The van der Waals surface area contributed by atoms with Crippen LogP contribution >= 0.6 is 15.9 Å². The molecule has 0 aliphatic carbocycles. The van der Waals surface area contributed by atoms with E-state index in [9.17, 15) is 0 Å². The molecule has 2 N–H and O–H groups in total. The number of nitrogens with two attached hydrogens (primary N) is 1. The number of hydrogen-bond donors (Lipinski definition) is 1. The highest BCUT2D eigenvalue weighted by Gasteiger charge is 2.22. The smallest absolute Gasteiger partial charge is 0.128 e. The van der Waals surface area contributed by atoms with Crippen molar-refractivity contribution in [3.8, 4) is 5.75 Å². The zero-order valence-corrected chi connectivity index (χ0v) is 13.0. The molecule has 1 aromatic carbocycles. The zero-order chi connectivity index (χ0) is 13.3. The van der Waals surface area contributed by atoms with E-state index in [-0.39, 0.29) is 6.17 Å². The number of nitrogens with zero attached hydrogens (tertiary/aromatic N) is 1. The quantitative estimate of drug-likeness (QED) is 0.873. The van der Waals surface area contributed by atoms with E-state index >= 15 is 0 Å². The molecular formula is C13H21BrN2O. The molecular weight excluding hydrogens is 280 g/mol. The third kappa shape index (κ3) is 2.49. The molecule has 0 saturated carbocycles. The second-order valence-electron chi connectivity index (χ2n) is 4.54. The fraction of sp³-hybridized carbons (Fsp3) is 0.538. The monoisotopic (exact) mass is 300 g/mol. The molecule has 0 aliphatic rings. The number of rotatable bonds is 3. The van der Waals surface area contributed by atoms with Gasteiger partial charge in [-0.25, -0.2) is 0 Å². The Morgan fingerprint density at radius 3 is 2.06 bits per heavy atom. The molecule has 0 heterocycles. The van der Waals surface area contributed by atoms with Crippen molar-refractivity contribution in [3.05, 3.63) is 26.7 Å². The van der Waals surface area contributed by atoms with Gasteiger partial charge in [0.1, 0.15) is 5.75 Å². The molecule has 0 amide bonds. The predicted octanol–water partition coefficient (Wildman–Crippen LogP) is 2.90. The van der Waals surface area contributed by atoms with Gasteiger partial charge in [0, 0.05) is 10.0 Å². The summed E-state index contributed by atoms with van der Waals surface area (Å²) in [4.78, 5) is 1.98. The van der Waals surface area contributed by atoms with Gasteiger partial charge in [0.05, 0.1) is 13.3 Å². The first kappa shape index (κ1) is 14.5. The van der Waals surface area contributed by atoms with E-state index in [2.05, 4.69) is 36.7 Å². The standard InChI is InChI=1S/C13H21BrN2O/c1-7-8(2)12(17-6)10(9(3)11(7)14)13(15)16(4)5/h13H,15H2,1-6H3. The molecule has 4 heteroatoms. The summed E-state index contributed by atoms with van der Waals surface area (Å²) < 4.78 is 6.65. The summed E-state index contributed by atoms with van der Waals surface area (Å²) in [6.45, 7) is 6.21. The molecule has 3 nitrogen and oxygen atoms in total. The topological polar surface area (TPSA) is 38.5 Å². The first-order valence-electron chi connectivity index (χ1n) is 5.58. The first-order chi connectivity index (χ1) is 7.82. The van der Waals surface area contributed by atoms with Gasteiger partial charge in [-0.3, -0.25) is 4.90 Å². The Labute approximate surface area is 112 Å². The van der Waals surface area contributed by atoms with Crippen LogP contribution in [0.15, 0.2) is 4.47 Å². The summed E-state index contributed by atoms with van der Waals surface area (Å²) in [5.74, 6) is 0.893. The Morgan fingerprint density at radius 1 is 1.12 bits per heavy atom. The number of hydrogen-bond acceptors (Lipinski definition) is 3. The summed E-state index contributed by atoms with van der Waals surface area (Å²) >= 11 is 3.63. The lowest BCUT2D eigenvalue weighted by Gasteiger charge is -2.26. The molecule has 0 aliphatic heterocycles. The number of ether oxygens (including phenoxy) is 1. The Morgan fingerprint density at radius 2 is 1.65 bits per heavy atom. The van der Waals surface area contributed by atoms with Crippen LogP contribution in [-0.4, -0.2) is 26.1 Å². The van der Waals surface area contributed by atoms with Crippen molar-refractivity contribution in [1.29, 1.82) is 0 Å². The maximum absolute atomic E-state index is 6.23. The third-order valence-corrected chi connectivity index (χ3v) is 4.46. The zero-order valence-electron chi connectivity index (χ0n) is 11.4. The highest BCUT2D eigenvalue weighted by Crippen LogP contribution is 2.38. The second-order valence-corrected chi connectivity index (χ2v) is 5.34. The van der Waals surface area contributed by atoms with Crippen LogP contribution in [0, 0.1) is 20.8 Å². The summed E-state index contributed by atoms with van der Waals surface area (Å²) in [6, 6.07) is 0. The molecule has 96 valence electrons. The van der Waals surface area contributed by atoms with Crippen molar-refractivity contribution in [2.24, 2.45) is 5.73 Å².